The Kier molecular flexibility index (Phi) is 5.04. The second-order valence-corrected chi connectivity index (χ2v) is 4.86. The Bertz CT molecular complexity index is 711. The molecule has 4 nitrogen and oxygen atoms in total. The molecule has 0 atom stereocenters. The normalized spacial score (nSPS) is 9.86. The van der Waals surface area contributed by atoms with Gasteiger partial charge >= 0.3 is 0 Å². The van der Waals surface area contributed by atoms with E-state index in [1.54, 1.807) is 48.1 Å². The number of aliphatic hydroxyl groups is 1. The van der Waals surface area contributed by atoms with Crippen molar-refractivity contribution in [1.82, 2.24) is 4.57 Å². The molecule has 1 aromatic carbocycles. The summed E-state index contributed by atoms with van der Waals surface area (Å²) in [5.41, 5.74) is 1.77. The van der Waals surface area contributed by atoms with E-state index in [1.807, 2.05) is 0 Å². The number of aromatic nitrogens is 1. The summed E-state index contributed by atoms with van der Waals surface area (Å²) < 4.78 is 1.74. The maximum absolute atomic E-state index is 12.2. The second-order valence-electron chi connectivity index (χ2n) is 4.42. The van der Waals surface area contributed by atoms with Gasteiger partial charge in [-0.1, -0.05) is 23.4 Å². The van der Waals surface area contributed by atoms with Gasteiger partial charge in [0.2, 0.25) is 0 Å². The Morgan fingerprint density at radius 3 is 2.90 bits per heavy atom. The molecule has 21 heavy (non-hydrogen) atoms. The molecular weight excluding hydrogens is 288 g/mol. The van der Waals surface area contributed by atoms with Crippen molar-refractivity contribution in [3.63, 3.8) is 0 Å². The molecule has 0 saturated carbocycles. The Morgan fingerprint density at radius 1 is 1.43 bits per heavy atom. The highest BCUT2D eigenvalue weighted by molar-refractivity contribution is 6.30. The number of amides is 1. The highest BCUT2D eigenvalue weighted by Gasteiger charge is 2.11. The number of benzene rings is 1. The van der Waals surface area contributed by atoms with E-state index < -0.39 is 0 Å². The number of anilines is 1. The van der Waals surface area contributed by atoms with Crippen molar-refractivity contribution in [2.45, 2.75) is 6.42 Å². The van der Waals surface area contributed by atoms with E-state index in [0.29, 0.717) is 28.4 Å². The number of halogens is 1. The van der Waals surface area contributed by atoms with Gasteiger partial charge in [0.05, 0.1) is 12.3 Å². The first kappa shape index (κ1) is 15.2. The van der Waals surface area contributed by atoms with Gasteiger partial charge in [0, 0.05) is 30.3 Å². The molecule has 5 heteroatoms. The fraction of sp³-hybridized carbons (Fsp3) is 0.188. The van der Waals surface area contributed by atoms with Crippen LogP contribution < -0.4 is 5.32 Å². The van der Waals surface area contributed by atoms with Crippen LogP contribution in [0.4, 0.5) is 5.69 Å². The van der Waals surface area contributed by atoms with E-state index in [1.165, 1.54) is 0 Å². The molecule has 0 aliphatic rings. The number of hydrogen-bond acceptors (Lipinski definition) is 2. The maximum Gasteiger partial charge on any atom is 0.272 e. The third kappa shape index (κ3) is 3.88. The molecule has 0 fully saturated rings. The first-order valence-corrected chi connectivity index (χ1v) is 6.81. The standard InChI is InChI=1S/C16H15ClN2O2/c1-19-9-4-6-15(19)16(21)18-14-8-7-13(17)11-12(14)5-2-3-10-20/h4,6-9,11,20H,3,10H2,1H3,(H,18,21). The Balaban J connectivity index is 2.26. The lowest BCUT2D eigenvalue weighted by atomic mass is 10.1. The van der Waals surface area contributed by atoms with Crippen molar-refractivity contribution in [3.05, 3.63) is 52.8 Å². The smallest absolute Gasteiger partial charge is 0.272 e. The van der Waals surface area contributed by atoms with Gasteiger partial charge in [-0.05, 0) is 30.3 Å². The first-order chi connectivity index (χ1) is 10.1. The topological polar surface area (TPSA) is 54.3 Å². The number of rotatable bonds is 3. The molecule has 1 heterocycles. The second kappa shape index (κ2) is 6.98. The van der Waals surface area contributed by atoms with Gasteiger partial charge in [0.15, 0.2) is 0 Å². The third-order valence-corrected chi connectivity index (χ3v) is 3.10. The van der Waals surface area contributed by atoms with Gasteiger partial charge in [0.1, 0.15) is 5.69 Å². The van der Waals surface area contributed by atoms with E-state index in [0.717, 1.165) is 0 Å². The summed E-state index contributed by atoms with van der Waals surface area (Å²) in [5, 5.41) is 12.1. The number of carbonyl (C=O) groups excluding carboxylic acids is 1. The van der Waals surface area contributed by atoms with Crippen LogP contribution in [0, 0.1) is 11.8 Å². The van der Waals surface area contributed by atoms with Crippen LogP contribution in [0.25, 0.3) is 0 Å². The average Bonchev–Trinajstić information content (AvgIpc) is 2.88. The fourth-order valence-corrected chi connectivity index (χ4v) is 2.00. The molecule has 2 N–H and O–H groups in total. The molecule has 0 bridgehead atoms. The summed E-state index contributed by atoms with van der Waals surface area (Å²) >= 11 is 5.96. The predicted octanol–water partition coefficient (Wildman–Crippen LogP) is 2.66. The van der Waals surface area contributed by atoms with Crippen LogP contribution >= 0.6 is 11.6 Å². The molecule has 0 spiro atoms. The Labute approximate surface area is 128 Å². The zero-order chi connectivity index (χ0) is 15.2. The van der Waals surface area contributed by atoms with Gasteiger partial charge < -0.3 is 15.0 Å². The number of aryl methyl sites for hydroxylation is 1. The van der Waals surface area contributed by atoms with Crippen molar-refractivity contribution in [3.8, 4) is 11.8 Å². The van der Waals surface area contributed by atoms with E-state index >= 15 is 0 Å². The summed E-state index contributed by atoms with van der Waals surface area (Å²) in [6.45, 7) is -0.00138. The van der Waals surface area contributed by atoms with Crippen LogP contribution in [0.1, 0.15) is 22.5 Å². The average molecular weight is 303 g/mol. The highest BCUT2D eigenvalue weighted by Crippen LogP contribution is 2.20. The van der Waals surface area contributed by atoms with Gasteiger partial charge in [-0.25, -0.2) is 0 Å². The molecule has 108 valence electrons. The van der Waals surface area contributed by atoms with Crippen LogP contribution in [0.3, 0.4) is 0 Å². The van der Waals surface area contributed by atoms with Crippen LogP contribution in [0.2, 0.25) is 5.02 Å². The van der Waals surface area contributed by atoms with Gasteiger partial charge in [-0.3, -0.25) is 4.79 Å². The summed E-state index contributed by atoms with van der Waals surface area (Å²) in [6, 6.07) is 8.64. The number of hydrogen-bond donors (Lipinski definition) is 2. The summed E-state index contributed by atoms with van der Waals surface area (Å²) in [5.74, 6) is 5.51. The van der Waals surface area contributed by atoms with Crippen LogP contribution in [-0.2, 0) is 7.05 Å². The molecular formula is C16H15ClN2O2. The molecule has 0 aliphatic carbocycles. The summed E-state index contributed by atoms with van der Waals surface area (Å²) in [4.78, 5) is 12.2. The molecule has 1 aromatic heterocycles. The highest BCUT2D eigenvalue weighted by atomic mass is 35.5. The largest absolute Gasteiger partial charge is 0.395 e. The molecule has 2 aromatic rings. The lowest BCUT2D eigenvalue weighted by Crippen LogP contribution is -2.16. The molecule has 0 radical (unpaired) electrons. The van der Waals surface area contributed by atoms with Crippen molar-refractivity contribution in [2.24, 2.45) is 7.05 Å². The van der Waals surface area contributed by atoms with E-state index in [9.17, 15) is 4.79 Å². The predicted molar refractivity (Wildman–Crippen MR) is 83.4 cm³/mol. The lowest BCUT2D eigenvalue weighted by Gasteiger charge is -2.08. The molecule has 0 aliphatic heterocycles. The van der Waals surface area contributed by atoms with Crippen molar-refractivity contribution in [1.29, 1.82) is 0 Å². The molecule has 0 unspecified atom stereocenters. The third-order valence-electron chi connectivity index (χ3n) is 2.87. The van der Waals surface area contributed by atoms with E-state index in [-0.39, 0.29) is 12.5 Å². The first-order valence-electron chi connectivity index (χ1n) is 6.44. The van der Waals surface area contributed by atoms with Crippen LogP contribution in [0.15, 0.2) is 36.5 Å². The fourth-order valence-electron chi connectivity index (χ4n) is 1.83. The van der Waals surface area contributed by atoms with E-state index in [4.69, 9.17) is 16.7 Å². The molecule has 2 rings (SSSR count). The monoisotopic (exact) mass is 302 g/mol. The molecule has 1 amide bonds. The van der Waals surface area contributed by atoms with Crippen LogP contribution in [0.5, 0.6) is 0 Å². The number of carbonyl (C=O) groups is 1. The lowest BCUT2D eigenvalue weighted by molar-refractivity contribution is 0.101. The minimum Gasteiger partial charge on any atom is -0.395 e. The summed E-state index contributed by atoms with van der Waals surface area (Å²) in [6.07, 6.45) is 2.18. The minimum absolute atomic E-state index is 0.00138. The van der Waals surface area contributed by atoms with Gasteiger partial charge in [0.25, 0.3) is 5.91 Å². The maximum atomic E-state index is 12.2. The Hall–Kier alpha value is -2.22. The van der Waals surface area contributed by atoms with Crippen molar-refractivity contribution >= 4 is 23.2 Å². The SMILES string of the molecule is Cn1cccc1C(=O)Nc1ccc(Cl)cc1C#CCCO. The van der Waals surface area contributed by atoms with E-state index in [2.05, 4.69) is 17.2 Å². The zero-order valence-electron chi connectivity index (χ0n) is 11.6. The Morgan fingerprint density at radius 2 is 2.24 bits per heavy atom. The number of nitrogens with one attached hydrogen (secondary N) is 1. The number of aliphatic hydroxyl groups excluding tert-OH is 1. The van der Waals surface area contributed by atoms with Crippen molar-refractivity contribution < 1.29 is 9.90 Å². The minimum atomic E-state index is -0.213. The molecule has 0 saturated heterocycles. The van der Waals surface area contributed by atoms with Crippen molar-refractivity contribution in [2.75, 3.05) is 11.9 Å². The summed E-state index contributed by atoms with van der Waals surface area (Å²) in [7, 11) is 1.80. The van der Waals surface area contributed by atoms with Gasteiger partial charge in [-0.2, -0.15) is 0 Å². The number of nitrogens with zero attached hydrogens (tertiary/aromatic N) is 1. The zero-order valence-corrected chi connectivity index (χ0v) is 12.3. The van der Waals surface area contributed by atoms with Gasteiger partial charge in [-0.15, -0.1) is 0 Å². The van der Waals surface area contributed by atoms with Crippen LogP contribution in [-0.4, -0.2) is 22.2 Å². The quantitative estimate of drug-likeness (QED) is 0.857.